The maximum atomic E-state index is 13.7. The van der Waals surface area contributed by atoms with Crippen molar-refractivity contribution in [1.29, 1.82) is 0 Å². The van der Waals surface area contributed by atoms with Crippen molar-refractivity contribution in [3.05, 3.63) is 247 Å². The van der Waals surface area contributed by atoms with E-state index >= 15 is 0 Å². The molecule has 0 unspecified atom stereocenters. The van der Waals surface area contributed by atoms with E-state index in [0.717, 1.165) is 66.9 Å². The number of para-hydroxylation sites is 4. The van der Waals surface area contributed by atoms with Crippen molar-refractivity contribution in [2.45, 2.75) is 20.4 Å². The Labute approximate surface area is 451 Å². The van der Waals surface area contributed by atoms with E-state index in [1.807, 2.05) is 50.2 Å². The highest BCUT2D eigenvalue weighted by molar-refractivity contribution is 6.14. The van der Waals surface area contributed by atoms with Crippen LogP contribution in [0.25, 0.3) is 121 Å². The van der Waals surface area contributed by atoms with Gasteiger partial charge in [-0.3, -0.25) is 0 Å². The fourth-order valence-corrected chi connectivity index (χ4v) is 11.7. The molecule has 0 fully saturated rings. The summed E-state index contributed by atoms with van der Waals surface area (Å²) in [4.78, 5) is 15.8. The van der Waals surface area contributed by atoms with Crippen LogP contribution in [0.1, 0.15) is 19.4 Å². The third kappa shape index (κ3) is 7.90. The molecule has 0 aliphatic heterocycles. The van der Waals surface area contributed by atoms with Gasteiger partial charge >= 0.3 is 5.63 Å². The molecule has 0 aliphatic rings. The molecule has 14 aromatic rings. The Morgan fingerprint density at radius 1 is 0.410 bits per heavy atom. The number of rotatable bonds is 10. The quantitative estimate of drug-likeness (QED) is 0.101. The van der Waals surface area contributed by atoms with Gasteiger partial charge in [-0.2, -0.15) is 0 Å². The second-order valence-corrected chi connectivity index (χ2v) is 20.0. The second kappa shape index (κ2) is 19.1. The molecule has 0 amide bonds. The zero-order chi connectivity index (χ0) is 52.3. The number of nitrogens with zero attached hydrogens (tertiary/aromatic N) is 4. The van der Waals surface area contributed by atoms with Crippen LogP contribution in [0.15, 0.2) is 240 Å². The van der Waals surface area contributed by atoms with Crippen molar-refractivity contribution in [2.75, 3.05) is 18.0 Å². The standard InChI is InChI=1S/C72H50N4O2/c1-3-5-39-73(40-6-4-2)57-34-29-54-44-61(72(77)78-71(54)46-57)49-27-25-48(26-28-49)47-74-65-36-31-50(51-33-38-69-62(41-51)59-22-14-16-24-68(59)75(69)55-17-9-7-10-18-55)42-63(65)64-43-52(32-37-66(64)74)53-30-35-60-58-21-13-15-23-67(58)76(70(60)45-53)56-19-11-8-12-20-56/h7-38,41-46H,39-40,47H2,1-2H3. The summed E-state index contributed by atoms with van der Waals surface area (Å²) in [6.07, 6.45) is 0. The molecule has 0 saturated carbocycles. The van der Waals surface area contributed by atoms with Crippen molar-refractivity contribution < 1.29 is 4.42 Å². The normalized spacial score (nSPS) is 11.5. The Bertz CT molecular complexity index is 4860. The summed E-state index contributed by atoms with van der Waals surface area (Å²) < 4.78 is 13.2. The van der Waals surface area contributed by atoms with Crippen molar-refractivity contribution in [1.82, 2.24) is 13.7 Å². The maximum Gasteiger partial charge on any atom is 0.344 e. The number of fused-ring (bicyclic) bond motifs is 10. The van der Waals surface area contributed by atoms with E-state index in [-0.39, 0.29) is 5.63 Å². The summed E-state index contributed by atoms with van der Waals surface area (Å²) in [5.74, 6) is 12.2. The smallest absolute Gasteiger partial charge is 0.344 e. The molecule has 6 nitrogen and oxygen atoms in total. The third-order valence-corrected chi connectivity index (χ3v) is 15.5. The monoisotopic (exact) mass is 1000 g/mol. The largest absolute Gasteiger partial charge is 0.422 e. The van der Waals surface area contributed by atoms with Crippen LogP contribution >= 0.6 is 0 Å². The molecule has 370 valence electrons. The van der Waals surface area contributed by atoms with Gasteiger partial charge < -0.3 is 23.0 Å². The number of benzene rings is 10. The molecule has 10 aromatic carbocycles. The molecular weight excluding hydrogens is 953 g/mol. The molecule has 0 bridgehead atoms. The molecule has 4 heterocycles. The van der Waals surface area contributed by atoms with E-state index in [1.165, 1.54) is 54.4 Å². The summed E-state index contributed by atoms with van der Waals surface area (Å²) in [6, 6.07) is 82.6. The summed E-state index contributed by atoms with van der Waals surface area (Å²) in [6.45, 7) is 5.35. The minimum atomic E-state index is -0.378. The molecule has 0 atom stereocenters. The molecule has 4 aromatic heterocycles. The maximum absolute atomic E-state index is 13.7. The van der Waals surface area contributed by atoms with E-state index in [2.05, 4.69) is 236 Å². The fourth-order valence-electron chi connectivity index (χ4n) is 11.7. The number of aromatic nitrogens is 3. The lowest BCUT2D eigenvalue weighted by Gasteiger charge is -2.20. The lowest BCUT2D eigenvalue weighted by Crippen LogP contribution is -2.23. The summed E-state index contributed by atoms with van der Waals surface area (Å²) in [5, 5.41) is 8.13. The molecule has 0 saturated heterocycles. The first-order chi connectivity index (χ1) is 38.5. The van der Waals surface area contributed by atoms with Crippen molar-refractivity contribution in [2.24, 2.45) is 0 Å². The van der Waals surface area contributed by atoms with Gasteiger partial charge in [0.15, 0.2) is 0 Å². The Morgan fingerprint density at radius 2 is 0.885 bits per heavy atom. The lowest BCUT2D eigenvalue weighted by molar-refractivity contribution is 0.563. The first-order valence-corrected chi connectivity index (χ1v) is 26.4. The topological polar surface area (TPSA) is 48.2 Å². The van der Waals surface area contributed by atoms with Crippen LogP contribution in [0.3, 0.4) is 0 Å². The Kier molecular flexibility index (Phi) is 11.4. The highest BCUT2D eigenvalue weighted by Crippen LogP contribution is 2.41. The average molecular weight is 1000 g/mol. The van der Waals surface area contributed by atoms with Gasteiger partial charge in [-0.1, -0.05) is 139 Å². The average Bonchev–Trinajstić information content (AvgIpc) is 4.31. The first kappa shape index (κ1) is 46.3. The van der Waals surface area contributed by atoms with Gasteiger partial charge in [0.1, 0.15) is 5.58 Å². The van der Waals surface area contributed by atoms with Crippen molar-refractivity contribution in [3.8, 4) is 68.4 Å². The predicted molar refractivity (Wildman–Crippen MR) is 325 cm³/mol. The number of anilines is 1. The first-order valence-electron chi connectivity index (χ1n) is 26.4. The van der Waals surface area contributed by atoms with Gasteiger partial charge in [-0.15, -0.1) is 11.8 Å². The molecule has 14 rings (SSSR count). The van der Waals surface area contributed by atoms with Crippen LogP contribution in [0.4, 0.5) is 5.69 Å². The Balaban J connectivity index is 0.873. The summed E-state index contributed by atoms with van der Waals surface area (Å²) >= 11 is 0. The molecule has 0 aliphatic carbocycles. The molecule has 6 heteroatoms. The third-order valence-electron chi connectivity index (χ3n) is 15.5. The van der Waals surface area contributed by atoms with E-state index in [1.54, 1.807) is 0 Å². The van der Waals surface area contributed by atoms with E-state index in [4.69, 9.17) is 4.42 Å². The van der Waals surface area contributed by atoms with Gasteiger partial charge in [0.25, 0.3) is 0 Å². The van der Waals surface area contributed by atoms with Crippen LogP contribution in [-0.2, 0) is 6.54 Å². The van der Waals surface area contributed by atoms with Gasteiger partial charge in [-0.25, -0.2) is 4.79 Å². The Hall–Kier alpha value is -10.3. The zero-order valence-corrected chi connectivity index (χ0v) is 43.2. The predicted octanol–water partition coefficient (Wildman–Crippen LogP) is 17.0. The highest BCUT2D eigenvalue weighted by Gasteiger charge is 2.19. The second-order valence-electron chi connectivity index (χ2n) is 20.0. The minimum Gasteiger partial charge on any atom is -0.422 e. The number of hydrogen-bond acceptors (Lipinski definition) is 3. The molecule has 78 heavy (non-hydrogen) atoms. The van der Waals surface area contributed by atoms with Crippen molar-refractivity contribution >= 4 is 82.1 Å². The van der Waals surface area contributed by atoms with Gasteiger partial charge in [0.05, 0.1) is 40.7 Å². The van der Waals surface area contributed by atoms with Crippen LogP contribution < -0.4 is 10.5 Å². The zero-order valence-electron chi connectivity index (χ0n) is 43.2. The van der Waals surface area contributed by atoms with Crippen LogP contribution in [0.5, 0.6) is 0 Å². The van der Waals surface area contributed by atoms with Crippen LogP contribution in [0.2, 0.25) is 0 Å². The SMILES string of the molecule is CC#CCN(CC#CC)c1ccc2cc(-c3ccc(Cn4c5ccc(-c6ccc7c(c6)c6ccccc6n7-c6ccccc6)cc5c5cc(-c6ccc7c8ccccc8n(-c8ccccc8)c7c6)ccc54)cc3)c(=O)oc2c1. The van der Waals surface area contributed by atoms with Crippen LogP contribution in [0, 0.1) is 23.7 Å². The Morgan fingerprint density at radius 3 is 1.49 bits per heavy atom. The van der Waals surface area contributed by atoms with E-state index < -0.39 is 0 Å². The number of hydrogen-bond donors (Lipinski definition) is 0. The van der Waals surface area contributed by atoms with Gasteiger partial charge in [-0.05, 0) is 144 Å². The fraction of sp³-hybridized carbons (Fsp3) is 0.0694. The van der Waals surface area contributed by atoms with Crippen molar-refractivity contribution in [3.63, 3.8) is 0 Å². The molecule has 0 N–H and O–H groups in total. The van der Waals surface area contributed by atoms with E-state index in [0.29, 0.717) is 30.8 Å². The molecular formula is C72H50N4O2. The highest BCUT2D eigenvalue weighted by atomic mass is 16.4. The lowest BCUT2D eigenvalue weighted by atomic mass is 9.98. The van der Waals surface area contributed by atoms with Crippen LogP contribution in [-0.4, -0.2) is 26.8 Å². The summed E-state index contributed by atoms with van der Waals surface area (Å²) in [7, 11) is 0. The summed E-state index contributed by atoms with van der Waals surface area (Å²) in [5.41, 5.74) is 17.4. The van der Waals surface area contributed by atoms with Gasteiger partial charge in [0.2, 0.25) is 0 Å². The van der Waals surface area contributed by atoms with Gasteiger partial charge in [0, 0.05) is 78.4 Å². The minimum absolute atomic E-state index is 0.378. The molecule has 0 spiro atoms. The molecule has 0 radical (unpaired) electrons. The van der Waals surface area contributed by atoms with E-state index in [9.17, 15) is 4.79 Å².